The molecule has 12 nitrogen and oxygen atoms in total. The first-order valence-electron chi connectivity index (χ1n) is 12.7. The van der Waals surface area contributed by atoms with E-state index in [0.717, 1.165) is 10.5 Å². The Morgan fingerprint density at radius 2 is 1.79 bits per heavy atom. The number of esters is 1. The molecular weight excluding hydrogens is 498 g/mol. The van der Waals surface area contributed by atoms with Crippen molar-refractivity contribution in [1.82, 2.24) is 10.3 Å². The topological polar surface area (TPSA) is 164 Å². The van der Waals surface area contributed by atoms with Crippen LogP contribution in [-0.2, 0) is 30.5 Å². The quantitative estimate of drug-likeness (QED) is 0.252. The Morgan fingerprint density at radius 1 is 1.08 bits per heavy atom. The molecule has 38 heavy (non-hydrogen) atoms. The summed E-state index contributed by atoms with van der Waals surface area (Å²) in [4.78, 5) is 51.4. The fraction of sp³-hybridized carbons (Fsp3) is 0.577. The summed E-state index contributed by atoms with van der Waals surface area (Å²) < 4.78 is 15.2. The van der Waals surface area contributed by atoms with Crippen LogP contribution < -0.4 is 10.2 Å². The third-order valence-corrected chi connectivity index (χ3v) is 7.54. The fourth-order valence-electron chi connectivity index (χ4n) is 5.74. The molecule has 1 aromatic rings. The number of imide groups is 1. The number of benzene rings is 1. The molecule has 0 bridgehead atoms. The molecule has 3 fully saturated rings. The highest BCUT2D eigenvalue weighted by atomic mass is 16.6. The summed E-state index contributed by atoms with van der Waals surface area (Å²) in [5.41, 5.74) is 3.52. The fourth-order valence-corrected chi connectivity index (χ4v) is 5.74. The normalized spacial score (nSPS) is 29.5. The van der Waals surface area contributed by atoms with E-state index in [2.05, 4.69) is 10.5 Å². The second kappa shape index (κ2) is 11.9. The molecule has 1 saturated heterocycles. The van der Waals surface area contributed by atoms with Gasteiger partial charge in [-0.3, -0.25) is 19.3 Å². The Kier molecular flexibility index (Phi) is 8.62. The monoisotopic (exact) mass is 531 g/mol. The number of ether oxygens (including phenoxy) is 3. The van der Waals surface area contributed by atoms with Gasteiger partial charge in [0.05, 0.1) is 44.2 Å². The first-order valence-corrected chi connectivity index (χ1v) is 12.7. The van der Waals surface area contributed by atoms with E-state index in [-0.39, 0.29) is 38.5 Å². The van der Waals surface area contributed by atoms with Crippen molar-refractivity contribution in [2.24, 2.45) is 28.8 Å². The molecule has 0 unspecified atom stereocenters. The second-order valence-corrected chi connectivity index (χ2v) is 9.68. The maximum absolute atomic E-state index is 13.3. The number of fused-ring (bicyclic) bond motifs is 3. The minimum atomic E-state index is -1.24. The SMILES string of the molecule is CCOC(=O)CCN1C(=O)[C@H]2[C@H]3[C@H](O)[C@H](O)C/C(=N\NC(=O)OCc4ccc(OC)cc4)[C@@H]3CC[C@H]2C1=O. The van der Waals surface area contributed by atoms with Crippen LogP contribution in [0.25, 0.3) is 0 Å². The van der Waals surface area contributed by atoms with Crippen molar-refractivity contribution >= 4 is 29.6 Å². The number of rotatable bonds is 8. The summed E-state index contributed by atoms with van der Waals surface area (Å²) in [6.45, 7) is 1.78. The average Bonchev–Trinajstić information content (AvgIpc) is 3.16. The lowest BCUT2D eigenvalue weighted by Crippen LogP contribution is -2.55. The maximum atomic E-state index is 13.3. The van der Waals surface area contributed by atoms with Crippen LogP contribution >= 0.6 is 0 Å². The van der Waals surface area contributed by atoms with Gasteiger partial charge in [0.1, 0.15) is 12.4 Å². The zero-order valence-electron chi connectivity index (χ0n) is 21.4. The van der Waals surface area contributed by atoms with Crippen molar-refractivity contribution < 1.29 is 43.6 Å². The van der Waals surface area contributed by atoms with Crippen LogP contribution in [0.2, 0.25) is 0 Å². The van der Waals surface area contributed by atoms with Gasteiger partial charge in [-0.1, -0.05) is 12.1 Å². The number of carbonyl (C=O) groups excluding carboxylic acids is 4. The van der Waals surface area contributed by atoms with E-state index in [4.69, 9.17) is 14.2 Å². The van der Waals surface area contributed by atoms with Crippen molar-refractivity contribution in [3.63, 3.8) is 0 Å². The average molecular weight is 532 g/mol. The first-order chi connectivity index (χ1) is 18.2. The lowest BCUT2D eigenvalue weighted by Gasteiger charge is -2.45. The Labute approximate surface area is 219 Å². The van der Waals surface area contributed by atoms with Gasteiger partial charge < -0.3 is 24.4 Å². The molecule has 1 aromatic carbocycles. The minimum absolute atomic E-state index is 0.00713. The summed E-state index contributed by atoms with van der Waals surface area (Å²) in [6, 6.07) is 7.01. The number of carbonyl (C=O) groups is 4. The molecule has 0 radical (unpaired) electrons. The number of nitrogens with one attached hydrogen (secondary N) is 1. The van der Waals surface area contributed by atoms with E-state index in [1.807, 2.05) is 0 Å². The van der Waals surface area contributed by atoms with E-state index in [9.17, 15) is 29.4 Å². The second-order valence-electron chi connectivity index (χ2n) is 9.68. The molecular formula is C26H33N3O9. The molecule has 12 heteroatoms. The maximum Gasteiger partial charge on any atom is 0.428 e. The van der Waals surface area contributed by atoms with Crippen LogP contribution in [0.4, 0.5) is 4.79 Å². The largest absolute Gasteiger partial charge is 0.497 e. The van der Waals surface area contributed by atoms with E-state index < -0.39 is 53.8 Å². The van der Waals surface area contributed by atoms with Gasteiger partial charge >= 0.3 is 12.1 Å². The summed E-state index contributed by atoms with van der Waals surface area (Å²) in [7, 11) is 1.55. The minimum Gasteiger partial charge on any atom is -0.497 e. The molecule has 3 N–H and O–H groups in total. The molecule has 3 amide bonds. The zero-order chi connectivity index (χ0) is 27.4. The van der Waals surface area contributed by atoms with Gasteiger partial charge in [0.2, 0.25) is 11.8 Å². The molecule has 2 aliphatic carbocycles. The molecule has 1 aliphatic heterocycles. The first kappa shape index (κ1) is 27.5. The van der Waals surface area contributed by atoms with Crippen molar-refractivity contribution in [3.8, 4) is 5.75 Å². The number of amides is 3. The molecule has 2 saturated carbocycles. The van der Waals surface area contributed by atoms with Gasteiger partial charge in [0.25, 0.3) is 0 Å². The van der Waals surface area contributed by atoms with Crippen molar-refractivity contribution in [2.75, 3.05) is 20.3 Å². The van der Waals surface area contributed by atoms with Gasteiger partial charge in [-0.25, -0.2) is 10.2 Å². The van der Waals surface area contributed by atoms with Crippen molar-refractivity contribution in [2.45, 2.75) is 51.4 Å². The van der Waals surface area contributed by atoms with Crippen LogP contribution in [-0.4, -0.2) is 77.2 Å². The number of aliphatic hydroxyl groups is 2. The summed E-state index contributed by atoms with van der Waals surface area (Å²) in [5.74, 6) is -3.34. The van der Waals surface area contributed by atoms with Crippen molar-refractivity contribution in [3.05, 3.63) is 29.8 Å². The smallest absolute Gasteiger partial charge is 0.428 e. The van der Waals surface area contributed by atoms with Crippen molar-refractivity contribution in [1.29, 1.82) is 0 Å². The van der Waals surface area contributed by atoms with Crippen LogP contribution in [0.1, 0.15) is 38.2 Å². The number of hydrogen-bond donors (Lipinski definition) is 3. The molecule has 3 aliphatic rings. The number of hydrogen-bond acceptors (Lipinski definition) is 10. The van der Waals surface area contributed by atoms with E-state index >= 15 is 0 Å². The summed E-state index contributed by atoms with van der Waals surface area (Å²) in [6.07, 6.45) is -2.53. The van der Waals surface area contributed by atoms with E-state index in [0.29, 0.717) is 24.3 Å². The summed E-state index contributed by atoms with van der Waals surface area (Å²) in [5, 5.41) is 25.6. The number of methoxy groups -OCH3 is 1. The summed E-state index contributed by atoms with van der Waals surface area (Å²) >= 11 is 0. The third kappa shape index (κ3) is 5.65. The van der Waals surface area contributed by atoms with E-state index in [1.54, 1.807) is 38.3 Å². The molecule has 1 heterocycles. The Hall–Kier alpha value is -3.51. The number of nitrogens with zero attached hydrogens (tertiary/aromatic N) is 2. The van der Waals surface area contributed by atoms with Gasteiger partial charge in [0.15, 0.2) is 0 Å². The number of hydrazone groups is 1. The lowest BCUT2D eigenvalue weighted by molar-refractivity contribution is -0.145. The Balaban J connectivity index is 1.42. The van der Waals surface area contributed by atoms with Gasteiger partial charge in [0, 0.05) is 30.5 Å². The molecule has 0 spiro atoms. The Bertz CT molecular complexity index is 1090. The van der Waals surface area contributed by atoms with Gasteiger partial charge in [-0.15, -0.1) is 0 Å². The molecule has 6 atom stereocenters. The highest BCUT2D eigenvalue weighted by molar-refractivity contribution is 6.06. The molecule has 4 rings (SSSR count). The number of likely N-dealkylation sites (tertiary alicyclic amines) is 1. The predicted molar refractivity (Wildman–Crippen MR) is 132 cm³/mol. The third-order valence-electron chi connectivity index (χ3n) is 7.54. The van der Waals surface area contributed by atoms with Gasteiger partial charge in [-0.2, -0.15) is 5.10 Å². The van der Waals surface area contributed by atoms with E-state index in [1.165, 1.54) is 0 Å². The van der Waals surface area contributed by atoms with Crippen LogP contribution in [0.3, 0.4) is 0 Å². The number of aliphatic hydroxyl groups excluding tert-OH is 2. The lowest BCUT2D eigenvalue weighted by atomic mass is 9.60. The standard InChI is InChI=1S/C26H33N3O9/c1-3-37-20(31)10-11-29-24(33)17-9-8-16-18(12-19(30)23(32)21(16)22(17)25(29)34)27-28-26(35)38-13-14-4-6-15(36-2)7-5-14/h4-7,16-17,19,21-23,30,32H,3,8-13H2,1-2H3,(H,28,35)/b27-18+/t16-,17+,19+,21-,22+,23+/m0/s1. The van der Waals surface area contributed by atoms with Crippen LogP contribution in [0.15, 0.2) is 29.4 Å². The van der Waals surface area contributed by atoms with Gasteiger partial charge in [-0.05, 0) is 37.5 Å². The highest BCUT2D eigenvalue weighted by Gasteiger charge is 2.59. The van der Waals surface area contributed by atoms with Crippen LogP contribution in [0.5, 0.6) is 5.75 Å². The Morgan fingerprint density at radius 3 is 2.47 bits per heavy atom. The molecule has 0 aromatic heterocycles. The highest BCUT2D eigenvalue weighted by Crippen LogP contribution is 2.49. The zero-order valence-corrected chi connectivity index (χ0v) is 21.4. The predicted octanol–water partition coefficient (Wildman–Crippen LogP) is 0.984. The van der Waals surface area contributed by atoms with Crippen LogP contribution in [0, 0.1) is 23.7 Å². The molecule has 206 valence electrons.